The molecular formula is C23H16ClFN4O. The lowest BCUT2D eigenvalue weighted by Gasteiger charge is -2.06. The van der Waals surface area contributed by atoms with Crippen LogP contribution in [0.3, 0.4) is 0 Å². The third-order valence-electron chi connectivity index (χ3n) is 4.92. The van der Waals surface area contributed by atoms with E-state index in [0.717, 1.165) is 22.3 Å². The number of aromatic nitrogens is 4. The second-order valence-electron chi connectivity index (χ2n) is 6.76. The SMILES string of the molecule is COc1cc2nc(-c3c(F)cccc3Cl)[nH]c2cc1-c1ncc(-c2ccccc2)[nH]1. The topological polar surface area (TPSA) is 66.6 Å². The number of rotatable bonds is 4. The fourth-order valence-corrected chi connectivity index (χ4v) is 3.71. The molecule has 0 unspecified atom stereocenters. The molecule has 30 heavy (non-hydrogen) atoms. The Morgan fingerprint density at radius 1 is 0.967 bits per heavy atom. The van der Waals surface area contributed by atoms with Gasteiger partial charge in [0.05, 0.1) is 46.2 Å². The molecule has 5 nitrogen and oxygen atoms in total. The summed E-state index contributed by atoms with van der Waals surface area (Å²) in [4.78, 5) is 15.5. The molecule has 5 aromatic rings. The largest absolute Gasteiger partial charge is 0.496 e. The van der Waals surface area contributed by atoms with E-state index in [4.69, 9.17) is 16.3 Å². The van der Waals surface area contributed by atoms with E-state index in [9.17, 15) is 4.39 Å². The molecule has 0 saturated heterocycles. The van der Waals surface area contributed by atoms with Gasteiger partial charge < -0.3 is 14.7 Å². The molecule has 0 radical (unpaired) electrons. The quantitative estimate of drug-likeness (QED) is 0.371. The Hall–Kier alpha value is -3.64. The van der Waals surface area contributed by atoms with Gasteiger partial charge >= 0.3 is 0 Å². The van der Waals surface area contributed by atoms with Crippen LogP contribution in [0.2, 0.25) is 5.02 Å². The number of nitrogens with one attached hydrogen (secondary N) is 2. The van der Waals surface area contributed by atoms with Crippen molar-refractivity contribution in [2.75, 3.05) is 7.11 Å². The minimum absolute atomic E-state index is 0.236. The van der Waals surface area contributed by atoms with Gasteiger partial charge in [-0.2, -0.15) is 0 Å². The summed E-state index contributed by atoms with van der Waals surface area (Å²) < 4.78 is 19.9. The zero-order valence-corrected chi connectivity index (χ0v) is 16.7. The number of aromatic amines is 2. The number of hydrogen-bond acceptors (Lipinski definition) is 3. The monoisotopic (exact) mass is 418 g/mol. The average Bonchev–Trinajstić information content (AvgIpc) is 3.40. The first-order valence-corrected chi connectivity index (χ1v) is 9.65. The van der Waals surface area contributed by atoms with Crippen LogP contribution < -0.4 is 4.74 Å². The van der Waals surface area contributed by atoms with Crippen molar-refractivity contribution in [2.24, 2.45) is 0 Å². The molecule has 7 heteroatoms. The molecule has 0 spiro atoms. The van der Waals surface area contributed by atoms with Gasteiger partial charge in [-0.15, -0.1) is 0 Å². The predicted molar refractivity (Wildman–Crippen MR) is 116 cm³/mol. The lowest BCUT2D eigenvalue weighted by molar-refractivity contribution is 0.416. The summed E-state index contributed by atoms with van der Waals surface area (Å²) in [5, 5.41) is 0.291. The van der Waals surface area contributed by atoms with Crippen LogP contribution in [0.1, 0.15) is 0 Å². The number of nitrogens with zero attached hydrogens (tertiary/aromatic N) is 2. The number of H-pyrrole nitrogens is 2. The Kier molecular flexibility index (Phi) is 4.48. The van der Waals surface area contributed by atoms with Gasteiger partial charge in [0, 0.05) is 6.07 Å². The molecule has 0 amide bonds. The van der Waals surface area contributed by atoms with Crippen LogP contribution in [0.25, 0.3) is 45.1 Å². The highest BCUT2D eigenvalue weighted by Crippen LogP contribution is 2.35. The molecule has 5 rings (SSSR count). The number of halogens is 2. The van der Waals surface area contributed by atoms with Crippen molar-refractivity contribution in [3.05, 3.63) is 77.7 Å². The van der Waals surface area contributed by atoms with Crippen LogP contribution in [0.4, 0.5) is 4.39 Å². The summed E-state index contributed by atoms with van der Waals surface area (Å²) in [7, 11) is 1.59. The lowest BCUT2D eigenvalue weighted by atomic mass is 10.1. The summed E-state index contributed by atoms with van der Waals surface area (Å²) in [6.45, 7) is 0. The van der Waals surface area contributed by atoms with Crippen molar-refractivity contribution in [1.29, 1.82) is 0 Å². The normalized spacial score (nSPS) is 11.2. The van der Waals surface area contributed by atoms with E-state index in [0.29, 0.717) is 27.9 Å². The van der Waals surface area contributed by atoms with Crippen molar-refractivity contribution in [3.63, 3.8) is 0 Å². The van der Waals surface area contributed by atoms with E-state index in [2.05, 4.69) is 19.9 Å². The smallest absolute Gasteiger partial charge is 0.142 e. The number of ether oxygens (including phenoxy) is 1. The van der Waals surface area contributed by atoms with E-state index in [1.807, 2.05) is 36.4 Å². The Labute approximate surface area is 176 Å². The molecule has 0 bridgehead atoms. The predicted octanol–water partition coefficient (Wildman–Crippen LogP) is 6.09. The van der Waals surface area contributed by atoms with Crippen molar-refractivity contribution in [1.82, 2.24) is 19.9 Å². The van der Waals surface area contributed by atoms with Crippen LogP contribution in [-0.4, -0.2) is 27.0 Å². The number of imidazole rings is 2. The number of fused-ring (bicyclic) bond motifs is 1. The van der Waals surface area contributed by atoms with E-state index in [1.165, 1.54) is 6.07 Å². The van der Waals surface area contributed by atoms with Crippen molar-refractivity contribution in [2.45, 2.75) is 0 Å². The minimum atomic E-state index is -0.438. The van der Waals surface area contributed by atoms with E-state index < -0.39 is 5.82 Å². The van der Waals surface area contributed by atoms with Gasteiger partial charge in [0.1, 0.15) is 23.2 Å². The summed E-state index contributed by atoms with van der Waals surface area (Å²) >= 11 is 6.20. The number of hydrogen-bond donors (Lipinski definition) is 2. The molecule has 0 atom stereocenters. The van der Waals surface area contributed by atoms with Crippen molar-refractivity contribution < 1.29 is 9.13 Å². The van der Waals surface area contributed by atoms with Crippen LogP contribution in [0.5, 0.6) is 5.75 Å². The average molecular weight is 419 g/mol. The summed E-state index contributed by atoms with van der Waals surface area (Å²) in [5.74, 6) is 1.19. The first-order chi connectivity index (χ1) is 14.6. The van der Waals surface area contributed by atoms with Gasteiger partial charge in [-0.1, -0.05) is 48.0 Å². The Morgan fingerprint density at radius 2 is 1.80 bits per heavy atom. The van der Waals surface area contributed by atoms with E-state index in [-0.39, 0.29) is 5.56 Å². The molecular weight excluding hydrogens is 403 g/mol. The zero-order chi connectivity index (χ0) is 20.7. The summed E-state index contributed by atoms with van der Waals surface area (Å²) in [5.41, 5.74) is 4.30. The minimum Gasteiger partial charge on any atom is -0.496 e. The highest BCUT2D eigenvalue weighted by molar-refractivity contribution is 6.33. The first-order valence-electron chi connectivity index (χ1n) is 9.27. The van der Waals surface area contributed by atoms with Crippen LogP contribution in [0.15, 0.2) is 66.9 Å². The number of methoxy groups -OCH3 is 1. The molecule has 0 aliphatic rings. The summed E-state index contributed by atoms with van der Waals surface area (Å²) in [6, 6.07) is 18.2. The molecule has 2 aromatic heterocycles. The van der Waals surface area contributed by atoms with Crippen molar-refractivity contribution >= 4 is 22.6 Å². The molecule has 3 aromatic carbocycles. The van der Waals surface area contributed by atoms with Gasteiger partial charge in [0.25, 0.3) is 0 Å². The molecule has 0 aliphatic heterocycles. The highest BCUT2D eigenvalue weighted by atomic mass is 35.5. The van der Waals surface area contributed by atoms with Gasteiger partial charge in [0.2, 0.25) is 0 Å². The fourth-order valence-electron chi connectivity index (χ4n) is 3.46. The maximum Gasteiger partial charge on any atom is 0.142 e. The molecule has 2 heterocycles. The molecule has 0 fully saturated rings. The van der Waals surface area contributed by atoms with Gasteiger partial charge in [-0.05, 0) is 23.8 Å². The highest BCUT2D eigenvalue weighted by Gasteiger charge is 2.17. The Balaban J connectivity index is 1.62. The van der Waals surface area contributed by atoms with Gasteiger partial charge in [-0.3, -0.25) is 0 Å². The van der Waals surface area contributed by atoms with Crippen molar-refractivity contribution in [3.8, 4) is 39.8 Å². The maximum atomic E-state index is 14.3. The number of benzene rings is 3. The second-order valence-corrected chi connectivity index (χ2v) is 7.17. The maximum absolute atomic E-state index is 14.3. The molecule has 0 aliphatic carbocycles. The zero-order valence-electron chi connectivity index (χ0n) is 15.9. The standard InChI is InChI=1S/C23H16ClFN4O/c1-30-20-11-18-17(27-23(28-18)21-15(24)8-5-9-16(21)25)10-14(20)22-26-12-19(29-22)13-6-3-2-4-7-13/h2-12H,1H3,(H,26,29)(H,27,28). The molecule has 2 N–H and O–H groups in total. The second kappa shape index (κ2) is 7.31. The van der Waals surface area contributed by atoms with Gasteiger partial charge in [-0.25, -0.2) is 14.4 Å². The molecule has 0 saturated carbocycles. The van der Waals surface area contributed by atoms with Crippen LogP contribution in [0, 0.1) is 5.82 Å². The van der Waals surface area contributed by atoms with Crippen LogP contribution >= 0.6 is 11.6 Å². The summed E-state index contributed by atoms with van der Waals surface area (Å²) in [6.07, 6.45) is 1.78. The lowest BCUT2D eigenvalue weighted by Crippen LogP contribution is -1.90. The fraction of sp³-hybridized carbons (Fsp3) is 0.0435. The third kappa shape index (κ3) is 3.11. The molecule has 148 valence electrons. The van der Waals surface area contributed by atoms with E-state index >= 15 is 0 Å². The Bertz CT molecular complexity index is 1340. The van der Waals surface area contributed by atoms with E-state index in [1.54, 1.807) is 31.5 Å². The first kappa shape index (κ1) is 18.4. The van der Waals surface area contributed by atoms with Crippen LogP contribution in [-0.2, 0) is 0 Å². The van der Waals surface area contributed by atoms with Gasteiger partial charge in [0.15, 0.2) is 0 Å². The third-order valence-corrected chi connectivity index (χ3v) is 5.23. The Morgan fingerprint density at radius 3 is 2.57 bits per heavy atom.